The summed E-state index contributed by atoms with van der Waals surface area (Å²) in [7, 11) is -2.52. The lowest BCUT2D eigenvalue weighted by atomic mass is 10.2. The van der Waals surface area contributed by atoms with Crippen LogP contribution < -0.4 is 14.4 Å². The third kappa shape index (κ3) is 5.24. The Labute approximate surface area is 201 Å². The van der Waals surface area contributed by atoms with Gasteiger partial charge in [0.25, 0.3) is 10.0 Å². The van der Waals surface area contributed by atoms with Gasteiger partial charge >= 0.3 is 0 Å². The molecule has 0 radical (unpaired) electrons. The van der Waals surface area contributed by atoms with Crippen molar-refractivity contribution in [2.24, 2.45) is 0 Å². The second-order valence-corrected chi connectivity index (χ2v) is 10.2. The molecule has 0 aliphatic rings. The van der Waals surface area contributed by atoms with E-state index < -0.39 is 22.5 Å². The highest BCUT2D eigenvalue weighted by Crippen LogP contribution is 2.28. The SMILES string of the molecule is COc1ccc(S(=O)(=O)N(CC(=O)Nc2nnc(-c3ccc(C)cc3)s2)c2ccccc2)cc1. The van der Waals surface area contributed by atoms with Crippen molar-refractivity contribution in [1.29, 1.82) is 0 Å². The number of methoxy groups -OCH3 is 1. The number of aryl methyl sites for hydroxylation is 1. The lowest BCUT2D eigenvalue weighted by Crippen LogP contribution is -2.38. The zero-order chi connectivity index (χ0) is 24.1. The highest BCUT2D eigenvalue weighted by atomic mass is 32.2. The molecular weight excluding hydrogens is 472 g/mol. The molecule has 1 amide bonds. The van der Waals surface area contributed by atoms with Crippen LogP contribution in [0.2, 0.25) is 0 Å². The molecular formula is C24H22N4O4S2. The van der Waals surface area contributed by atoms with Gasteiger partial charge in [-0.2, -0.15) is 0 Å². The highest BCUT2D eigenvalue weighted by Gasteiger charge is 2.27. The van der Waals surface area contributed by atoms with Gasteiger partial charge in [-0.1, -0.05) is 59.4 Å². The van der Waals surface area contributed by atoms with E-state index in [-0.39, 0.29) is 10.0 Å². The van der Waals surface area contributed by atoms with E-state index >= 15 is 0 Å². The fourth-order valence-corrected chi connectivity index (χ4v) is 5.35. The first-order valence-electron chi connectivity index (χ1n) is 10.3. The number of ether oxygens (including phenoxy) is 1. The fourth-order valence-electron chi connectivity index (χ4n) is 3.16. The molecule has 34 heavy (non-hydrogen) atoms. The lowest BCUT2D eigenvalue weighted by Gasteiger charge is -2.23. The summed E-state index contributed by atoms with van der Waals surface area (Å²) < 4.78 is 33.0. The molecule has 10 heteroatoms. The van der Waals surface area contributed by atoms with Crippen LogP contribution in [0.25, 0.3) is 10.6 Å². The Morgan fingerprint density at radius 1 is 0.971 bits per heavy atom. The van der Waals surface area contributed by atoms with Crippen molar-refractivity contribution in [3.05, 3.63) is 84.4 Å². The number of nitrogens with zero attached hydrogens (tertiary/aromatic N) is 3. The van der Waals surface area contributed by atoms with Crippen LogP contribution in [-0.2, 0) is 14.8 Å². The maximum Gasteiger partial charge on any atom is 0.264 e. The Hall–Kier alpha value is -3.76. The van der Waals surface area contributed by atoms with E-state index in [9.17, 15) is 13.2 Å². The van der Waals surface area contributed by atoms with Gasteiger partial charge in [-0.05, 0) is 43.3 Å². The topological polar surface area (TPSA) is 101 Å². The molecule has 1 N–H and O–H groups in total. The minimum absolute atomic E-state index is 0.0440. The predicted octanol–water partition coefficient (Wildman–Crippen LogP) is 4.36. The van der Waals surface area contributed by atoms with Gasteiger partial charge in [0.2, 0.25) is 11.0 Å². The molecule has 0 bridgehead atoms. The second kappa shape index (κ2) is 10.0. The summed E-state index contributed by atoms with van der Waals surface area (Å²) in [5.41, 5.74) is 2.38. The number of nitrogens with one attached hydrogen (secondary N) is 1. The number of hydrogen-bond donors (Lipinski definition) is 1. The number of amides is 1. The van der Waals surface area contributed by atoms with E-state index in [1.165, 1.54) is 30.6 Å². The van der Waals surface area contributed by atoms with Gasteiger partial charge in [0.15, 0.2) is 0 Å². The summed E-state index contributed by atoms with van der Waals surface area (Å²) in [6.07, 6.45) is 0. The van der Waals surface area contributed by atoms with Crippen LogP contribution in [0.4, 0.5) is 10.8 Å². The summed E-state index contributed by atoms with van der Waals surface area (Å²) in [4.78, 5) is 12.9. The molecule has 3 aromatic carbocycles. The molecule has 1 heterocycles. The van der Waals surface area contributed by atoms with Gasteiger partial charge in [0, 0.05) is 5.56 Å². The number of sulfonamides is 1. The van der Waals surface area contributed by atoms with Crippen molar-refractivity contribution in [3.8, 4) is 16.3 Å². The van der Waals surface area contributed by atoms with E-state index in [1.807, 2.05) is 31.2 Å². The minimum atomic E-state index is -4.02. The van der Waals surface area contributed by atoms with Gasteiger partial charge < -0.3 is 4.74 Å². The van der Waals surface area contributed by atoms with Crippen LogP contribution in [-0.4, -0.2) is 38.2 Å². The summed E-state index contributed by atoms with van der Waals surface area (Å²) in [5.74, 6) is -0.00356. The van der Waals surface area contributed by atoms with Crippen LogP contribution in [0, 0.1) is 6.92 Å². The van der Waals surface area contributed by atoms with E-state index in [1.54, 1.807) is 42.5 Å². The molecule has 0 saturated heterocycles. The van der Waals surface area contributed by atoms with Gasteiger partial charge in [-0.25, -0.2) is 8.42 Å². The number of rotatable bonds is 8. The van der Waals surface area contributed by atoms with E-state index in [0.29, 0.717) is 16.4 Å². The maximum absolute atomic E-state index is 13.4. The van der Waals surface area contributed by atoms with Gasteiger partial charge in [0.05, 0.1) is 17.7 Å². The van der Waals surface area contributed by atoms with Crippen LogP contribution in [0.15, 0.2) is 83.8 Å². The van der Waals surface area contributed by atoms with E-state index in [2.05, 4.69) is 15.5 Å². The Bertz CT molecular complexity index is 1370. The van der Waals surface area contributed by atoms with Crippen molar-refractivity contribution in [3.63, 3.8) is 0 Å². The molecule has 0 fully saturated rings. The number of carbonyl (C=O) groups is 1. The maximum atomic E-state index is 13.4. The smallest absolute Gasteiger partial charge is 0.264 e. The summed E-state index contributed by atoms with van der Waals surface area (Å²) in [6.45, 7) is 1.56. The fraction of sp³-hybridized carbons (Fsp3) is 0.125. The van der Waals surface area contributed by atoms with Crippen molar-refractivity contribution < 1.29 is 17.9 Å². The van der Waals surface area contributed by atoms with Crippen LogP contribution in [0.1, 0.15) is 5.56 Å². The first-order valence-corrected chi connectivity index (χ1v) is 12.5. The third-order valence-electron chi connectivity index (χ3n) is 4.95. The average Bonchev–Trinajstić information content (AvgIpc) is 3.31. The van der Waals surface area contributed by atoms with E-state index in [0.717, 1.165) is 15.4 Å². The monoisotopic (exact) mass is 494 g/mol. The lowest BCUT2D eigenvalue weighted by molar-refractivity contribution is -0.114. The zero-order valence-electron chi connectivity index (χ0n) is 18.5. The molecule has 0 unspecified atom stereocenters. The third-order valence-corrected chi connectivity index (χ3v) is 7.62. The van der Waals surface area contributed by atoms with Crippen LogP contribution in [0.3, 0.4) is 0 Å². The molecule has 0 saturated carbocycles. The number of hydrogen-bond acceptors (Lipinski definition) is 7. The summed E-state index contributed by atoms with van der Waals surface area (Å²) >= 11 is 1.22. The normalized spacial score (nSPS) is 11.1. The molecule has 4 rings (SSSR count). The number of aromatic nitrogens is 2. The first-order chi connectivity index (χ1) is 16.4. The standard InChI is InChI=1S/C24H22N4O4S2/c1-17-8-10-18(11-9-17)23-26-27-24(33-23)25-22(29)16-28(19-6-4-3-5-7-19)34(30,31)21-14-12-20(32-2)13-15-21/h3-15H,16H2,1-2H3,(H,25,27,29). The Kier molecular flexibility index (Phi) is 6.90. The number of carbonyl (C=O) groups excluding carboxylic acids is 1. The molecule has 4 aromatic rings. The molecule has 0 spiro atoms. The molecule has 174 valence electrons. The largest absolute Gasteiger partial charge is 0.497 e. The Balaban J connectivity index is 1.56. The zero-order valence-corrected chi connectivity index (χ0v) is 20.1. The van der Waals surface area contributed by atoms with E-state index in [4.69, 9.17) is 4.74 Å². The van der Waals surface area contributed by atoms with Crippen molar-refractivity contribution in [2.45, 2.75) is 11.8 Å². The number of benzene rings is 3. The summed E-state index contributed by atoms with van der Waals surface area (Å²) in [6, 6.07) is 22.3. The number of para-hydroxylation sites is 1. The van der Waals surface area contributed by atoms with Crippen LogP contribution >= 0.6 is 11.3 Å². The van der Waals surface area contributed by atoms with Gasteiger partial charge in [-0.15, -0.1) is 10.2 Å². The van der Waals surface area contributed by atoms with Crippen molar-refractivity contribution in [1.82, 2.24) is 10.2 Å². The molecule has 8 nitrogen and oxygen atoms in total. The van der Waals surface area contributed by atoms with Crippen LogP contribution in [0.5, 0.6) is 5.75 Å². The molecule has 0 aliphatic carbocycles. The first kappa shape index (κ1) is 23.4. The van der Waals surface area contributed by atoms with Crippen molar-refractivity contribution in [2.75, 3.05) is 23.3 Å². The Morgan fingerprint density at radius 2 is 1.65 bits per heavy atom. The number of anilines is 2. The predicted molar refractivity (Wildman–Crippen MR) is 133 cm³/mol. The molecule has 0 atom stereocenters. The summed E-state index contributed by atoms with van der Waals surface area (Å²) in [5, 5.41) is 11.8. The quantitative estimate of drug-likeness (QED) is 0.391. The Morgan fingerprint density at radius 3 is 2.29 bits per heavy atom. The van der Waals surface area contributed by atoms with Gasteiger partial charge in [0.1, 0.15) is 17.3 Å². The van der Waals surface area contributed by atoms with Gasteiger partial charge in [-0.3, -0.25) is 14.4 Å². The van der Waals surface area contributed by atoms with Crippen molar-refractivity contribution >= 4 is 38.1 Å². The highest BCUT2D eigenvalue weighted by molar-refractivity contribution is 7.92. The minimum Gasteiger partial charge on any atom is -0.497 e. The second-order valence-electron chi connectivity index (χ2n) is 7.35. The average molecular weight is 495 g/mol. The molecule has 1 aromatic heterocycles. The molecule has 0 aliphatic heterocycles.